The molecule has 0 saturated carbocycles. The summed E-state index contributed by atoms with van der Waals surface area (Å²) in [5, 5.41) is 2.92. The fourth-order valence-electron chi connectivity index (χ4n) is 1.62. The van der Waals surface area contributed by atoms with Crippen LogP contribution in [0.3, 0.4) is 0 Å². The first-order chi connectivity index (χ1) is 7.70. The molecule has 0 aliphatic carbocycles. The number of methoxy groups -OCH3 is 1. The van der Waals surface area contributed by atoms with E-state index in [1.807, 2.05) is 24.3 Å². The lowest BCUT2D eigenvalue weighted by Gasteiger charge is -2.15. The van der Waals surface area contributed by atoms with Crippen molar-refractivity contribution in [2.45, 2.75) is 6.54 Å². The Balaban J connectivity index is 2.08. The third-order valence-electron chi connectivity index (χ3n) is 2.57. The highest BCUT2D eigenvalue weighted by Crippen LogP contribution is 2.16. The Morgan fingerprint density at radius 1 is 1.44 bits per heavy atom. The summed E-state index contributed by atoms with van der Waals surface area (Å²) in [6.45, 7) is 4.68. The molecule has 2 rings (SSSR count). The molecule has 1 amide bonds. The second-order valence-electron chi connectivity index (χ2n) is 3.63. The minimum atomic E-state index is 0.0563. The second kappa shape index (κ2) is 4.26. The zero-order valence-corrected chi connectivity index (χ0v) is 9.19. The molecule has 1 fully saturated rings. The van der Waals surface area contributed by atoms with Crippen molar-refractivity contribution in [3.63, 3.8) is 0 Å². The van der Waals surface area contributed by atoms with Crippen molar-refractivity contribution in [3.05, 3.63) is 42.2 Å². The van der Waals surface area contributed by atoms with Gasteiger partial charge in [0.2, 0.25) is 5.91 Å². The lowest BCUT2D eigenvalue weighted by atomic mass is 10.2. The van der Waals surface area contributed by atoms with Gasteiger partial charge in [-0.3, -0.25) is 9.69 Å². The van der Waals surface area contributed by atoms with Gasteiger partial charge >= 0.3 is 0 Å². The summed E-state index contributed by atoms with van der Waals surface area (Å²) in [4.78, 5) is 13.1. The largest absolute Gasteiger partial charge is 0.497 e. The van der Waals surface area contributed by atoms with Crippen LogP contribution < -0.4 is 10.1 Å². The van der Waals surface area contributed by atoms with Crippen molar-refractivity contribution in [1.29, 1.82) is 0 Å². The highest BCUT2D eigenvalue weighted by Gasteiger charge is 2.23. The van der Waals surface area contributed by atoms with Crippen LogP contribution in [0.5, 0.6) is 5.75 Å². The quantitative estimate of drug-likeness (QED) is 0.826. The molecule has 84 valence electrons. The fourth-order valence-corrected chi connectivity index (χ4v) is 1.62. The fraction of sp³-hybridized carbons (Fsp3) is 0.250. The van der Waals surface area contributed by atoms with Crippen LogP contribution in [0.1, 0.15) is 5.56 Å². The third kappa shape index (κ3) is 2.00. The normalized spacial score (nSPS) is 15.2. The average Bonchev–Trinajstić information content (AvgIpc) is 2.62. The van der Waals surface area contributed by atoms with Crippen LogP contribution in [0.4, 0.5) is 0 Å². The van der Waals surface area contributed by atoms with E-state index in [0.717, 1.165) is 11.3 Å². The Kier molecular flexibility index (Phi) is 2.81. The number of carbonyl (C=O) groups excluding carboxylic acids is 1. The molecule has 0 atom stereocenters. The molecule has 0 unspecified atom stereocenters. The van der Waals surface area contributed by atoms with Crippen LogP contribution in [-0.2, 0) is 11.3 Å². The molecule has 1 aliphatic heterocycles. The Hall–Kier alpha value is -1.97. The first-order valence-corrected chi connectivity index (χ1v) is 5.07. The number of amides is 1. The monoisotopic (exact) mass is 218 g/mol. The molecule has 0 radical (unpaired) electrons. The van der Waals surface area contributed by atoms with Gasteiger partial charge in [0.1, 0.15) is 11.6 Å². The number of nitrogens with zero attached hydrogens (tertiary/aromatic N) is 1. The van der Waals surface area contributed by atoms with E-state index in [0.29, 0.717) is 18.9 Å². The van der Waals surface area contributed by atoms with Gasteiger partial charge in [-0.2, -0.15) is 0 Å². The van der Waals surface area contributed by atoms with Gasteiger partial charge in [0.05, 0.1) is 20.2 Å². The number of ether oxygens (including phenoxy) is 1. The lowest BCUT2D eigenvalue weighted by Crippen LogP contribution is -2.23. The van der Waals surface area contributed by atoms with E-state index in [4.69, 9.17) is 4.74 Å². The number of carbonyl (C=O) groups is 1. The lowest BCUT2D eigenvalue weighted by molar-refractivity contribution is -0.126. The van der Waals surface area contributed by atoms with E-state index in [1.165, 1.54) is 0 Å². The van der Waals surface area contributed by atoms with Crippen LogP contribution in [-0.4, -0.2) is 24.5 Å². The molecule has 4 nitrogen and oxygen atoms in total. The molecule has 4 heteroatoms. The molecule has 16 heavy (non-hydrogen) atoms. The van der Waals surface area contributed by atoms with Crippen LogP contribution in [0.25, 0.3) is 0 Å². The molecule has 0 aromatic heterocycles. The maximum atomic E-state index is 11.5. The van der Waals surface area contributed by atoms with Gasteiger partial charge < -0.3 is 10.1 Å². The Morgan fingerprint density at radius 3 is 2.62 bits per heavy atom. The first-order valence-electron chi connectivity index (χ1n) is 5.07. The van der Waals surface area contributed by atoms with Crippen LogP contribution in [0.15, 0.2) is 36.7 Å². The van der Waals surface area contributed by atoms with E-state index in [9.17, 15) is 4.79 Å². The van der Waals surface area contributed by atoms with E-state index < -0.39 is 0 Å². The van der Waals surface area contributed by atoms with E-state index in [2.05, 4.69) is 11.9 Å². The maximum absolute atomic E-state index is 11.5. The van der Waals surface area contributed by atoms with Gasteiger partial charge in [0.25, 0.3) is 0 Å². The minimum absolute atomic E-state index is 0.0563. The zero-order chi connectivity index (χ0) is 11.5. The summed E-state index contributed by atoms with van der Waals surface area (Å²) in [5.74, 6) is 1.54. The standard InChI is InChI=1S/C12H14N2O2/c1-9-13-7-12(15)14(9)8-10-3-5-11(16-2)6-4-10/h3-6,13H,1,7-8H2,2H3. The van der Waals surface area contributed by atoms with Gasteiger partial charge in [-0.25, -0.2) is 0 Å². The molecular weight excluding hydrogens is 204 g/mol. The SMILES string of the molecule is C=C1NCC(=O)N1Cc1ccc(OC)cc1. The topological polar surface area (TPSA) is 41.6 Å². The van der Waals surface area contributed by atoms with Crippen molar-refractivity contribution in [1.82, 2.24) is 10.2 Å². The molecule has 0 bridgehead atoms. The minimum Gasteiger partial charge on any atom is -0.497 e. The molecule has 0 spiro atoms. The number of nitrogens with one attached hydrogen (secondary N) is 1. The van der Waals surface area contributed by atoms with Crippen LogP contribution >= 0.6 is 0 Å². The molecule has 1 N–H and O–H groups in total. The highest BCUT2D eigenvalue weighted by molar-refractivity contribution is 5.82. The number of rotatable bonds is 3. The van der Waals surface area contributed by atoms with Gasteiger partial charge in [0.15, 0.2) is 0 Å². The van der Waals surface area contributed by atoms with E-state index in [1.54, 1.807) is 12.0 Å². The van der Waals surface area contributed by atoms with E-state index in [-0.39, 0.29) is 5.91 Å². The predicted molar refractivity (Wildman–Crippen MR) is 60.7 cm³/mol. The third-order valence-corrected chi connectivity index (χ3v) is 2.57. The van der Waals surface area contributed by atoms with Crippen LogP contribution in [0.2, 0.25) is 0 Å². The zero-order valence-electron chi connectivity index (χ0n) is 9.19. The summed E-state index contributed by atoms with van der Waals surface area (Å²) >= 11 is 0. The highest BCUT2D eigenvalue weighted by atomic mass is 16.5. The summed E-state index contributed by atoms with van der Waals surface area (Å²) < 4.78 is 5.07. The van der Waals surface area contributed by atoms with Crippen molar-refractivity contribution < 1.29 is 9.53 Å². The number of hydrogen-bond acceptors (Lipinski definition) is 3. The molecule has 1 aromatic rings. The number of hydrogen-bond donors (Lipinski definition) is 1. The Bertz CT molecular complexity index is 396. The summed E-state index contributed by atoms with van der Waals surface area (Å²) in [5.41, 5.74) is 1.05. The number of benzene rings is 1. The average molecular weight is 218 g/mol. The molecule has 1 heterocycles. The Morgan fingerprint density at radius 2 is 2.12 bits per heavy atom. The maximum Gasteiger partial charge on any atom is 0.247 e. The van der Waals surface area contributed by atoms with Gasteiger partial charge in [-0.1, -0.05) is 18.7 Å². The summed E-state index contributed by atoms with van der Waals surface area (Å²) in [6.07, 6.45) is 0. The summed E-state index contributed by atoms with van der Waals surface area (Å²) in [6, 6.07) is 7.65. The smallest absolute Gasteiger partial charge is 0.247 e. The molecule has 1 aliphatic rings. The van der Waals surface area contributed by atoms with Gasteiger partial charge in [0, 0.05) is 0 Å². The van der Waals surface area contributed by atoms with Crippen molar-refractivity contribution in [2.75, 3.05) is 13.7 Å². The van der Waals surface area contributed by atoms with Gasteiger partial charge in [-0.15, -0.1) is 0 Å². The van der Waals surface area contributed by atoms with Crippen molar-refractivity contribution >= 4 is 5.91 Å². The Labute approximate surface area is 94.5 Å². The molecular formula is C12H14N2O2. The molecule has 1 saturated heterocycles. The van der Waals surface area contributed by atoms with E-state index >= 15 is 0 Å². The first kappa shape index (κ1) is 10.5. The van der Waals surface area contributed by atoms with Gasteiger partial charge in [-0.05, 0) is 17.7 Å². The second-order valence-corrected chi connectivity index (χ2v) is 3.63. The predicted octanol–water partition coefficient (Wildman–Crippen LogP) is 1.10. The van der Waals surface area contributed by atoms with Crippen molar-refractivity contribution in [2.24, 2.45) is 0 Å². The van der Waals surface area contributed by atoms with Crippen LogP contribution in [0, 0.1) is 0 Å². The summed E-state index contributed by atoms with van der Waals surface area (Å²) in [7, 11) is 1.63. The van der Waals surface area contributed by atoms with Crippen molar-refractivity contribution in [3.8, 4) is 5.75 Å². The molecule has 1 aromatic carbocycles.